The molecule has 0 saturated carbocycles. The maximum absolute atomic E-state index is 4.78. The van der Waals surface area contributed by atoms with Crippen LogP contribution in [0.5, 0.6) is 0 Å². The minimum atomic E-state index is -0.333. The minimum Gasteiger partial charge on any atom is -0.275 e. The van der Waals surface area contributed by atoms with Crippen molar-refractivity contribution in [1.82, 2.24) is 29.5 Å². The highest BCUT2D eigenvalue weighted by Gasteiger charge is 2.37. The summed E-state index contributed by atoms with van der Waals surface area (Å²) in [5, 5.41) is 28.8. The van der Waals surface area contributed by atoms with E-state index in [0.717, 1.165) is 73.6 Å². The third-order valence-corrected chi connectivity index (χ3v) is 18.4. The molecule has 14 aromatic carbocycles. The van der Waals surface area contributed by atoms with E-state index in [9.17, 15) is 0 Å². The van der Waals surface area contributed by atoms with E-state index in [4.69, 9.17) is 20.4 Å². The molecular formula is C83H56N6. The van der Waals surface area contributed by atoms with E-state index in [0.29, 0.717) is 0 Å². The maximum atomic E-state index is 4.78. The Morgan fingerprint density at radius 3 is 1.04 bits per heavy atom. The van der Waals surface area contributed by atoms with Gasteiger partial charge in [-0.15, -0.1) is 20.4 Å². The third kappa shape index (κ3) is 8.71. The van der Waals surface area contributed by atoms with Crippen molar-refractivity contribution in [2.75, 3.05) is 0 Å². The van der Waals surface area contributed by atoms with Crippen molar-refractivity contribution >= 4 is 43.1 Å². The molecule has 418 valence electrons. The summed E-state index contributed by atoms with van der Waals surface area (Å²) in [6.45, 7) is 4.82. The molecule has 0 aliphatic heterocycles. The van der Waals surface area contributed by atoms with Crippen LogP contribution >= 0.6 is 0 Å². The zero-order chi connectivity index (χ0) is 59.2. The first-order valence-electron chi connectivity index (χ1n) is 30.4. The van der Waals surface area contributed by atoms with E-state index in [1.165, 1.54) is 93.2 Å². The van der Waals surface area contributed by atoms with Gasteiger partial charge in [0.2, 0.25) is 0 Å². The van der Waals surface area contributed by atoms with Gasteiger partial charge >= 0.3 is 0 Å². The van der Waals surface area contributed by atoms with E-state index >= 15 is 0 Å². The highest BCUT2D eigenvalue weighted by molar-refractivity contribution is 6.24. The van der Waals surface area contributed by atoms with Crippen molar-refractivity contribution in [3.63, 3.8) is 0 Å². The molecular weight excluding hydrogens is 1080 g/mol. The summed E-state index contributed by atoms with van der Waals surface area (Å²) in [5.74, 6) is 3.18. The van der Waals surface area contributed by atoms with Crippen LogP contribution in [0.3, 0.4) is 0 Å². The van der Waals surface area contributed by atoms with E-state index in [2.05, 4.69) is 278 Å². The predicted molar refractivity (Wildman–Crippen MR) is 367 cm³/mol. The largest absolute Gasteiger partial charge is 0.275 e. The molecule has 0 spiro atoms. The van der Waals surface area contributed by atoms with Gasteiger partial charge in [-0.05, 0) is 171 Å². The normalized spacial score (nSPS) is 12.5. The summed E-state index contributed by atoms with van der Waals surface area (Å²) >= 11 is 0. The number of hydrogen-bond donors (Lipinski definition) is 0. The van der Waals surface area contributed by atoms with Crippen LogP contribution < -0.4 is 0 Å². The van der Waals surface area contributed by atoms with Crippen LogP contribution in [-0.4, -0.2) is 29.5 Å². The van der Waals surface area contributed by atoms with Crippen LogP contribution in [0.25, 0.3) is 156 Å². The van der Waals surface area contributed by atoms with Gasteiger partial charge in [-0.25, -0.2) is 0 Å². The fourth-order valence-electron chi connectivity index (χ4n) is 13.9. The van der Waals surface area contributed by atoms with Crippen molar-refractivity contribution in [3.8, 4) is 113 Å². The quantitative estimate of drug-likeness (QED) is 0.128. The SMILES string of the molecule is CC1(C)c2cc(-c3ccc(-n4c(-c5ccccc5)nnc4-c4ccccc4)cc3)ccc2-c2cc3c(-c4ccc5ccccc5c4)c4ccc(-c5ccc(-n6c(-c7ccccc7)nnc6-c6ccccc6)cc5)cc4c(-c4ccc5ccccc5c4)c3cc21. The third-order valence-electron chi connectivity index (χ3n) is 18.4. The second-order valence-electron chi connectivity index (χ2n) is 23.9. The number of hydrogen-bond acceptors (Lipinski definition) is 4. The zero-order valence-corrected chi connectivity index (χ0v) is 49.1. The molecule has 2 heterocycles. The first-order chi connectivity index (χ1) is 43.9. The summed E-state index contributed by atoms with van der Waals surface area (Å²) in [7, 11) is 0. The van der Waals surface area contributed by atoms with Gasteiger partial charge in [0, 0.05) is 39.0 Å². The van der Waals surface area contributed by atoms with Gasteiger partial charge in [0.25, 0.3) is 0 Å². The smallest absolute Gasteiger partial charge is 0.168 e. The molecule has 0 N–H and O–H groups in total. The molecule has 0 saturated heterocycles. The van der Waals surface area contributed by atoms with Crippen LogP contribution in [0.4, 0.5) is 0 Å². The Balaban J connectivity index is 0.835. The molecule has 0 bridgehead atoms. The molecule has 0 unspecified atom stereocenters. The highest BCUT2D eigenvalue weighted by Crippen LogP contribution is 2.55. The van der Waals surface area contributed by atoms with Crippen LogP contribution in [-0.2, 0) is 5.41 Å². The van der Waals surface area contributed by atoms with E-state index in [1.54, 1.807) is 0 Å². The fourth-order valence-corrected chi connectivity index (χ4v) is 13.9. The van der Waals surface area contributed by atoms with E-state index in [-0.39, 0.29) is 5.41 Å². The molecule has 1 aliphatic rings. The maximum Gasteiger partial charge on any atom is 0.168 e. The predicted octanol–water partition coefficient (Wildman–Crippen LogP) is 21.1. The lowest BCUT2D eigenvalue weighted by molar-refractivity contribution is 0.661. The number of aromatic nitrogens is 6. The number of benzene rings is 14. The van der Waals surface area contributed by atoms with Gasteiger partial charge in [0.05, 0.1) is 0 Å². The van der Waals surface area contributed by atoms with Gasteiger partial charge in [0.1, 0.15) is 0 Å². The van der Waals surface area contributed by atoms with E-state index < -0.39 is 0 Å². The Labute approximate surface area is 516 Å². The topological polar surface area (TPSA) is 61.4 Å². The average Bonchev–Trinajstić information content (AvgIpc) is 1.82. The van der Waals surface area contributed by atoms with Gasteiger partial charge < -0.3 is 0 Å². The van der Waals surface area contributed by atoms with Crippen LogP contribution in [0.1, 0.15) is 25.0 Å². The molecule has 0 radical (unpaired) electrons. The minimum absolute atomic E-state index is 0.333. The van der Waals surface area contributed by atoms with Crippen molar-refractivity contribution in [1.29, 1.82) is 0 Å². The van der Waals surface area contributed by atoms with Crippen molar-refractivity contribution < 1.29 is 0 Å². The second-order valence-corrected chi connectivity index (χ2v) is 23.9. The molecule has 1 aliphatic carbocycles. The standard InChI is InChI=1S/C83H56N6/c1-83(2)75-50-64(56-37-43-68(44-38-56)89-81(59-25-11-5-12-26-59)86-87-82(89)60-27-13-6-14-28-60)39-45-69(75)71-51-73-74(52-76(71)83)78(66-34-32-54-20-16-18-30-62(54)48-66)72-49-63(40-46-70(72)77(73)65-33-31-53-19-15-17-29-61(53)47-65)55-35-41-67(42-36-55)88-79(57-21-7-3-8-22-57)84-85-80(88)58-23-9-4-10-24-58/h3-52H,1-2H3. The van der Waals surface area contributed by atoms with Crippen molar-refractivity contribution in [2.24, 2.45) is 0 Å². The highest BCUT2D eigenvalue weighted by atomic mass is 15.3. The molecule has 16 aromatic rings. The van der Waals surface area contributed by atoms with E-state index in [1.807, 2.05) is 48.5 Å². The average molecular weight is 1140 g/mol. The first-order valence-corrected chi connectivity index (χ1v) is 30.4. The molecule has 0 atom stereocenters. The molecule has 6 heteroatoms. The van der Waals surface area contributed by atoms with Crippen LogP contribution in [0.2, 0.25) is 0 Å². The Kier molecular flexibility index (Phi) is 12.1. The summed E-state index contributed by atoms with van der Waals surface area (Å²) in [6.07, 6.45) is 0. The Bertz CT molecular complexity index is 5300. The number of nitrogens with zero attached hydrogens (tertiary/aromatic N) is 6. The van der Waals surface area contributed by atoms with Crippen LogP contribution in [0.15, 0.2) is 303 Å². The van der Waals surface area contributed by atoms with Gasteiger partial charge in [-0.2, -0.15) is 0 Å². The lowest BCUT2D eigenvalue weighted by Crippen LogP contribution is -2.15. The molecule has 17 rings (SSSR count). The Hall–Kier alpha value is -11.6. The molecule has 6 nitrogen and oxygen atoms in total. The molecule has 89 heavy (non-hydrogen) atoms. The zero-order valence-electron chi connectivity index (χ0n) is 49.1. The summed E-state index contributed by atoms with van der Waals surface area (Å²) in [6, 6.07) is 110. The fraction of sp³-hybridized carbons (Fsp3) is 0.0361. The van der Waals surface area contributed by atoms with Gasteiger partial charge in [-0.3, -0.25) is 9.13 Å². The van der Waals surface area contributed by atoms with Gasteiger partial charge in [-0.1, -0.05) is 257 Å². The van der Waals surface area contributed by atoms with Crippen LogP contribution in [0, 0.1) is 0 Å². The van der Waals surface area contributed by atoms with Gasteiger partial charge in [0.15, 0.2) is 23.3 Å². The van der Waals surface area contributed by atoms with Crippen molar-refractivity contribution in [2.45, 2.75) is 19.3 Å². The lowest BCUT2D eigenvalue weighted by Gasteiger charge is -2.24. The number of fused-ring (bicyclic) bond motifs is 7. The first kappa shape index (κ1) is 51.8. The molecule has 2 aromatic heterocycles. The lowest BCUT2D eigenvalue weighted by atomic mass is 9.79. The summed E-state index contributed by atoms with van der Waals surface area (Å²) in [5.41, 5.74) is 20.2. The monoisotopic (exact) mass is 1140 g/mol. The molecule has 0 amide bonds. The summed E-state index contributed by atoms with van der Waals surface area (Å²) < 4.78 is 4.35. The molecule has 0 fully saturated rings. The number of rotatable bonds is 10. The second kappa shape index (κ2) is 20.8. The summed E-state index contributed by atoms with van der Waals surface area (Å²) in [4.78, 5) is 0. The Morgan fingerprint density at radius 1 is 0.236 bits per heavy atom. The Morgan fingerprint density at radius 2 is 0.584 bits per heavy atom. The van der Waals surface area contributed by atoms with Crippen molar-refractivity contribution in [3.05, 3.63) is 314 Å².